The first-order valence-corrected chi connectivity index (χ1v) is 9.25. The number of rotatable bonds is 4. The monoisotopic (exact) mass is 343 g/mol. The number of amides is 2. The number of anilines is 1. The van der Waals surface area contributed by atoms with Gasteiger partial charge in [0.05, 0.1) is 23.8 Å². The lowest BCUT2D eigenvalue weighted by molar-refractivity contribution is 0.112. The van der Waals surface area contributed by atoms with E-state index in [4.69, 9.17) is 4.74 Å². The van der Waals surface area contributed by atoms with E-state index in [1.807, 2.05) is 6.07 Å². The summed E-state index contributed by atoms with van der Waals surface area (Å²) in [6.45, 7) is 2.05. The van der Waals surface area contributed by atoms with Crippen molar-refractivity contribution in [1.82, 2.24) is 10.3 Å². The van der Waals surface area contributed by atoms with Crippen molar-refractivity contribution in [3.05, 3.63) is 46.5 Å². The van der Waals surface area contributed by atoms with Crippen molar-refractivity contribution < 1.29 is 9.53 Å². The highest BCUT2D eigenvalue weighted by Crippen LogP contribution is 2.41. The zero-order valence-corrected chi connectivity index (χ0v) is 14.3. The van der Waals surface area contributed by atoms with E-state index >= 15 is 0 Å². The zero-order valence-electron chi connectivity index (χ0n) is 13.5. The standard InChI is InChI=1S/C18H21N3O2S/c22-17(21-18-20-15-6-7-23-11-16(15)24-18)19-10-12-8-14(9-12)13-4-2-1-3-5-13/h1-5,12,14H,6-11H2,(H2,19,20,21,22). The second-order valence-corrected chi connectivity index (χ2v) is 7.56. The van der Waals surface area contributed by atoms with Gasteiger partial charge in [0.1, 0.15) is 0 Å². The SMILES string of the molecule is O=C(NCC1CC(c2ccccc2)C1)Nc1nc2c(s1)COCC2. The lowest BCUT2D eigenvalue weighted by atomic mass is 9.71. The topological polar surface area (TPSA) is 63.2 Å². The van der Waals surface area contributed by atoms with Gasteiger partial charge in [0.15, 0.2) is 5.13 Å². The summed E-state index contributed by atoms with van der Waals surface area (Å²) in [4.78, 5) is 17.6. The summed E-state index contributed by atoms with van der Waals surface area (Å²) in [5.74, 6) is 1.21. The van der Waals surface area contributed by atoms with Crippen molar-refractivity contribution >= 4 is 22.5 Å². The molecule has 1 fully saturated rings. The van der Waals surface area contributed by atoms with Crippen molar-refractivity contribution in [2.24, 2.45) is 5.92 Å². The third-order valence-corrected chi connectivity index (χ3v) is 5.76. The average Bonchev–Trinajstić information content (AvgIpc) is 2.96. The summed E-state index contributed by atoms with van der Waals surface area (Å²) in [5.41, 5.74) is 2.47. The number of nitrogens with zero attached hydrogens (tertiary/aromatic N) is 1. The third-order valence-electron chi connectivity index (χ3n) is 4.77. The summed E-state index contributed by atoms with van der Waals surface area (Å²) in [6.07, 6.45) is 3.12. The Kier molecular flexibility index (Phi) is 4.49. The van der Waals surface area contributed by atoms with Crippen LogP contribution in [0, 0.1) is 5.92 Å². The van der Waals surface area contributed by atoms with Crippen molar-refractivity contribution in [3.8, 4) is 0 Å². The van der Waals surface area contributed by atoms with Gasteiger partial charge in [-0.1, -0.05) is 41.7 Å². The highest BCUT2D eigenvalue weighted by molar-refractivity contribution is 7.15. The normalized spacial score (nSPS) is 22.3. The van der Waals surface area contributed by atoms with Gasteiger partial charge in [-0.2, -0.15) is 0 Å². The Balaban J connectivity index is 1.21. The number of nitrogens with one attached hydrogen (secondary N) is 2. The molecule has 1 aliphatic heterocycles. The zero-order chi connectivity index (χ0) is 16.4. The average molecular weight is 343 g/mol. The Bertz CT molecular complexity index is 687. The minimum Gasteiger partial charge on any atom is -0.375 e. The molecule has 1 saturated carbocycles. The molecule has 1 aromatic carbocycles. The first kappa shape index (κ1) is 15.6. The molecule has 0 radical (unpaired) electrons. The quantitative estimate of drug-likeness (QED) is 0.893. The Labute approximate surface area is 145 Å². The summed E-state index contributed by atoms with van der Waals surface area (Å²) in [6, 6.07) is 10.4. The number of fused-ring (bicyclic) bond motifs is 1. The number of carbonyl (C=O) groups is 1. The Morgan fingerprint density at radius 3 is 2.92 bits per heavy atom. The van der Waals surface area contributed by atoms with Gasteiger partial charge in [-0.25, -0.2) is 9.78 Å². The molecule has 24 heavy (non-hydrogen) atoms. The Morgan fingerprint density at radius 2 is 2.12 bits per heavy atom. The fourth-order valence-corrected chi connectivity index (χ4v) is 4.30. The van der Waals surface area contributed by atoms with E-state index in [0.29, 0.717) is 30.2 Å². The molecular formula is C18H21N3O2S. The number of thiazole rings is 1. The fraction of sp³-hybridized carbons (Fsp3) is 0.444. The van der Waals surface area contributed by atoms with E-state index < -0.39 is 0 Å². The van der Waals surface area contributed by atoms with Crippen LogP contribution in [0.15, 0.2) is 30.3 Å². The summed E-state index contributed by atoms with van der Waals surface area (Å²) < 4.78 is 5.40. The maximum absolute atomic E-state index is 12.0. The number of carbonyl (C=O) groups excluding carboxylic acids is 1. The maximum Gasteiger partial charge on any atom is 0.321 e. The molecule has 0 atom stereocenters. The molecule has 6 heteroatoms. The highest BCUT2D eigenvalue weighted by Gasteiger charge is 2.30. The lowest BCUT2D eigenvalue weighted by Gasteiger charge is -2.35. The van der Waals surface area contributed by atoms with E-state index in [9.17, 15) is 4.79 Å². The second-order valence-electron chi connectivity index (χ2n) is 6.47. The van der Waals surface area contributed by atoms with Gasteiger partial charge in [-0.15, -0.1) is 0 Å². The fourth-order valence-electron chi connectivity index (χ4n) is 3.36. The van der Waals surface area contributed by atoms with Gasteiger partial charge < -0.3 is 10.1 Å². The maximum atomic E-state index is 12.0. The summed E-state index contributed by atoms with van der Waals surface area (Å²) >= 11 is 1.51. The molecule has 1 aromatic heterocycles. The lowest BCUT2D eigenvalue weighted by Crippen LogP contribution is -2.37. The van der Waals surface area contributed by atoms with E-state index in [-0.39, 0.29) is 6.03 Å². The molecular weight excluding hydrogens is 322 g/mol. The van der Waals surface area contributed by atoms with Crippen LogP contribution >= 0.6 is 11.3 Å². The minimum atomic E-state index is -0.162. The van der Waals surface area contributed by atoms with Crippen LogP contribution in [0.3, 0.4) is 0 Å². The Hall–Kier alpha value is -1.92. The smallest absolute Gasteiger partial charge is 0.321 e. The van der Waals surface area contributed by atoms with Gasteiger partial charge in [0, 0.05) is 13.0 Å². The van der Waals surface area contributed by atoms with Crippen LogP contribution in [0.4, 0.5) is 9.93 Å². The van der Waals surface area contributed by atoms with Gasteiger partial charge in [-0.05, 0) is 30.2 Å². The molecule has 2 aromatic rings. The first-order valence-electron chi connectivity index (χ1n) is 8.44. The third kappa shape index (κ3) is 3.44. The van der Waals surface area contributed by atoms with Crippen LogP contribution in [0.5, 0.6) is 0 Å². The van der Waals surface area contributed by atoms with Crippen LogP contribution in [-0.2, 0) is 17.8 Å². The van der Waals surface area contributed by atoms with Gasteiger partial charge in [-0.3, -0.25) is 5.32 Å². The van der Waals surface area contributed by atoms with Crippen LogP contribution in [0.2, 0.25) is 0 Å². The molecule has 0 bridgehead atoms. The second kappa shape index (κ2) is 6.91. The number of aromatic nitrogens is 1. The molecule has 2 N–H and O–H groups in total. The van der Waals surface area contributed by atoms with Crippen LogP contribution in [-0.4, -0.2) is 24.2 Å². The van der Waals surface area contributed by atoms with E-state index in [0.717, 1.165) is 36.4 Å². The van der Waals surface area contributed by atoms with Crippen molar-refractivity contribution in [2.45, 2.75) is 31.8 Å². The number of urea groups is 1. The Morgan fingerprint density at radius 1 is 1.29 bits per heavy atom. The number of benzene rings is 1. The minimum absolute atomic E-state index is 0.162. The molecule has 4 rings (SSSR count). The van der Waals surface area contributed by atoms with E-state index in [1.165, 1.54) is 16.9 Å². The molecule has 0 spiro atoms. The molecule has 2 heterocycles. The number of hydrogen-bond donors (Lipinski definition) is 2. The largest absolute Gasteiger partial charge is 0.375 e. The van der Waals surface area contributed by atoms with Gasteiger partial charge in [0.2, 0.25) is 0 Å². The molecule has 1 aliphatic carbocycles. The van der Waals surface area contributed by atoms with Crippen molar-refractivity contribution in [1.29, 1.82) is 0 Å². The van der Waals surface area contributed by atoms with E-state index in [1.54, 1.807) is 0 Å². The van der Waals surface area contributed by atoms with Crippen LogP contribution < -0.4 is 10.6 Å². The summed E-state index contributed by atoms with van der Waals surface area (Å²) in [7, 11) is 0. The predicted molar refractivity (Wildman–Crippen MR) is 94.4 cm³/mol. The number of ether oxygens (including phenoxy) is 1. The molecule has 0 unspecified atom stereocenters. The highest BCUT2D eigenvalue weighted by atomic mass is 32.1. The molecule has 5 nitrogen and oxygen atoms in total. The van der Waals surface area contributed by atoms with Crippen LogP contribution in [0.1, 0.15) is 34.9 Å². The van der Waals surface area contributed by atoms with Gasteiger partial charge in [0.25, 0.3) is 0 Å². The van der Waals surface area contributed by atoms with E-state index in [2.05, 4.69) is 39.9 Å². The predicted octanol–water partition coefficient (Wildman–Crippen LogP) is 3.53. The molecule has 0 saturated heterocycles. The summed E-state index contributed by atoms with van der Waals surface area (Å²) in [5, 5.41) is 6.48. The number of hydrogen-bond acceptors (Lipinski definition) is 4. The molecule has 2 aliphatic rings. The van der Waals surface area contributed by atoms with Crippen molar-refractivity contribution in [2.75, 3.05) is 18.5 Å². The van der Waals surface area contributed by atoms with Crippen LogP contribution in [0.25, 0.3) is 0 Å². The van der Waals surface area contributed by atoms with Crippen molar-refractivity contribution in [3.63, 3.8) is 0 Å². The van der Waals surface area contributed by atoms with Gasteiger partial charge >= 0.3 is 6.03 Å². The first-order chi connectivity index (χ1) is 11.8. The molecule has 2 amide bonds. The molecule has 126 valence electrons.